The molecular weight excluding hydrogens is 262 g/mol. The highest BCUT2D eigenvalue weighted by molar-refractivity contribution is 5.49. The minimum atomic E-state index is 0.366. The van der Waals surface area contributed by atoms with Crippen LogP contribution in [0.3, 0.4) is 0 Å². The van der Waals surface area contributed by atoms with Crippen molar-refractivity contribution >= 4 is 0 Å². The molecular formula is C18H27NO2. The van der Waals surface area contributed by atoms with E-state index in [1.807, 2.05) is 0 Å². The van der Waals surface area contributed by atoms with E-state index >= 15 is 0 Å². The summed E-state index contributed by atoms with van der Waals surface area (Å²) in [7, 11) is 0. The van der Waals surface area contributed by atoms with E-state index in [4.69, 9.17) is 9.47 Å². The summed E-state index contributed by atoms with van der Waals surface area (Å²) < 4.78 is 11.7. The Morgan fingerprint density at radius 3 is 2.62 bits per heavy atom. The number of hydrogen-bond acceptors (Lipinski definition) is 3. The summed E-state index contributed by atoms with van der Waals surface area (Å²) in [6.45, 7) is 9.44. The van der Waals surface area contributed by atoms with E-state index in [2.05, 4.69) is 38.2 Å². The summed E-state index contributed by atoms with van der Waals surface area (Å²) >= 11 is 0. The summed E-state index contributed by atoms with van der Waals surface area (Å²) in [6, 6.07) is 4.87. The minimum absolute atomic E-state index is 0.366. The first-order chi connectivity index (χ1) is 10.1. The van der Waals surface area contributed by atoms with Crippen LogP contribution in [0.4, 0.5) is 0 Å². The van der Waals surface area contributed by atoms with Crippen LogP contribution in [-0.2, 0) is 6.42 Å². The van der Waals surface area contributed by atoms with Gasteiger partial charge in [-0.1, -0.05) is 20.8 Å². The molecule has 0 aromatic heterocycles. The van der Waals surface area contributed by atoms with Gasteiger partial charge in [0.2, 0.25) is 0 Å². The Kier molecular flexibility index (Phi) is 4.12. The fraction of sp³-hybridized carbons (Fsp3) is 0.667. The lowest BCUT2D eigenvalue weighted by molar-refractivity contribution is 0.274. The van der Waals surface area contributed by atoms with Crippen molar-refractivity contribution in [1.29, 1.82) is 0 Å². The van der Waals surface area contributed by atoms with E-state index in [9.17, 15) is 0 Å². The Hall–Kier alpha value is -1.22. The molecule has 1 atom stereocenters. The molecule has 0 bridgehead atoms. The van der Waals surface area contributed by atoms with E-state index in [0.717, 1.165) is 44.1 Å². The van der Waals surface area contributed by atoms with Crippen LogP contribution in [0.1, 0.15) is 57.2 Å². The molecule has 0 spiro atoms. The van der Waals surface area contributed by atoms with E-state index in [1.165, 1.54) is 24.0 Å². The fourth-order valence-corrected chi connectivity index (χ4v) is 3.47. The molecule has 21 heavy (non-hydrogen) atoms. The third-order valence-electron chi connectivity index (χ3n) is 4.66. The second kappa shape index (κ2) is 5.88. The normalized spacial score (nSPS) is 23.9. The maximum Gasteiger partial charge on any atom is 0.161 e. The Balaban J connectivity index is 2.01. The third kappa shape index (κ3) is 3.18. The van der Waals surface area contributed by atoms with E-state index < -0.39 is 0 Å². The first-order valence-corrected chi connectivity index (χ1v) is 8.25. The molecule has 1 aromatic carbocycles. The minimum Gasteiger partial charge on any atom is -0.490 e. The molecule has 1 aromatic rings. The zero-order chi connectivity index (χ0) is 14.9. The number of nitrogens with one attached hydrogen (secondary N) is 1. The van der Waals surface area contributed by atoms with E-state index in [1.54, 1.807) is 0 Å². The Morgan fingerprint density at radius 1 is 1.19 bits per heavy atom. The highest BCUT2D eigenvalue weighted by atomic mass is 16.5. The summed E-state index contributed by atoms with van der Waals surface area (Å²) in [5.74, 6) is 1.86. The molecule has 0 amide bonds. The fourth-order valence-electron chi connectivity index (χ4n) is 3.47. The zero-order valence-corrected chi connectivity index (χ0v) is 13.5. The molecule has 1 unspecified atom stereocenters. The second-order valence-electron chi connectivity index (χ2n) is 7.03. The molecule has 1 heterocycles. The van der Waals surface area contributed by atoms with E-state index in [-0.39, 0.29) is 0 Å². The monoisotopic (exact) mass is 289 g/mol. The highest BCUT2D eigenvalue weighted by Crippen LogP contribution is 2.43. The quantitative estimate of drug-likeness (QED) is 0.839. The first kappa shape index (κ1) is 14.7. The summed E-state index contributed by atoms with van der Waals surface area (Å²) in [4.78, 5) is 0. The van der Waals surface area contributed by atoms with Gasteiger partial charge >= 0.3 is 0 Å². The molecule has 0 saturated carbocycles. The number of benzene rings is 1. The SMILES string of the molecule is CCNC1CC(C)(C)CCc2cc3c(cc21)OCCCO3. The van der Waals surface area contributed by atoms with Gasteiger partial charge in [-0.25, -0.2) is 0 Å². The standard InChI is InChI=1S/C18H27NO2/c1-4-19-15-12-18(2,3)7-6-13-10-16-17(11-14(13)15)21-9-5-8-20-16/h10-11,15,19H,4-9,12H2,1-3H3. The number of fused-ring (bicyclic) bond motifs is 2. The predicted octanol–water partition coefficient (Wildman–Crippen LogP) is 3.86. The van der Waals surface area contributed by atoms with Gasteiger partial charge in [-0.2, -0.15) is 0 Å². The van der Waals surface area contributed by atoms with Gasteiger partial charge in [0.15, 0.2) is 11.5 Å². The van der Waals surface area contributed by atoms with Crippen LogP contribution < -0.4 is 14.8 Å². The molecule has 116 valence electrons. The van der Waals surface area contributed by atoms with Gasteiger partial charge < -0.3 is 14.8 Å². The maximum absolute atomic E-state index is 5.88. The molecule has 0 radical (unpaired) electrons. The molecule has 0 saturated heterocycles. The van der Waals surface area contributed by atoms with Crippen LogP contribution in [0.5, 0.6) is 11.5 Å². The maximum atomic E-state index is 5.88. The number of ether oxygens (including phenoxy) is 2. The zero-order valence-electron chi connectivity index (χ0n) is 13.5. The number of aryl methyl sites for hydroxylation is 1. The van der Waals surface area contributed by atoms with Gasteiger partial charge in [-0.05, 0) is 54.5 Å². The van der Waals surface area contributed by atoms with Crippen molar-refractivity contribution < 1.29 is 9.47 Å². The molecule has 1 N–H and O–H groups in total. The average Bonchev–Trinajstić information content (AvgIpc) is 2.73. The first-order valence-electron chi connectivity index (χ1n) is 8.25. The Labute approximate surface area is 128 Å². The van der Waals surface area contributed by atoms with Gasteiger partial charge in [-0.3, -0.25) is 0 Å². The van der Waals surface area contributed by atoms with Gasteiger partial charge in [0.1, 0.15) is 0 Å². The highest BCUT2D eigenvalue weighted by Gasteiger charge is 2.30. The van der Waals surface area contributed by atoms with Crippen LogP contribution >= 0.6 is 0 Å². The van der Waals surface area contributed by atoms with Crippen molar-refractivity contribution in [2.24, 2.45) is 5.41 Å². The lowest BCUT2D eigenvalue weighted by Crippen LogP contribution is -2.25. The topological polar surface area (TPSA) is 30.5 Å². The van der Waals surface area contributed by atoms with Crippen molar-refractivity contribution in [3.8, 4) is 11.5 Å². The van der Waals surface area contributed by atoms with Crippen LogP contribution in [-0.4, -0.2) is 19.8 Å². The van der Waals surface area contributed by atoms with Crippen molar-refractivity contribution in [2.45, 2.75) is 52.5 Å². The Morgan fingerprint density at radius 2 is 1.90 bits per heavy atom. The van der Waals surface area contributed by atoms with Crippen LogP contribution in [0.2, 0.25) is 0 Å². The summed E-state index contributed by atoms with van der Waals surface area (Å²) in [5, 5.41) is 3.66. The number of hydrogen-bond donors (Lipinski definition) is 1. The second-order valence-corrected chi connectivity index (χ2v) is 7.03. The molecule has 0 fully saturated rings. The lowest BCUT2D eigenvalue weighted by Gasteiger charge is -2.27. The molecule has 3 heteroatoms. The van der Waals surface area contributed by atoms with Crippen LogP contribution in [0.15, 0.2) is 12.1 Å². The largest absolute Gasteiger partial charge is 0.490 e. The Bertz CT molecular complexity index is 510. The molecule has 1 aliphatic carbocycles. The smallest absolute Gasteiger partial charge is 0.161 e. The lowest BCUT2D eigenvalue weighted by atomic mass is 9.83. The van der Waals surface area contributed by atoms with Gasteiger partial charge in [0.25, 0.3) is 0 Å². The van der Waals surface area contributed by atoms with Crippen molar-refractivity contribution in [3.05, 3.63) is 23.3 Å². The molecule has 3 rings (SSSR count). The van der Waals surface area contributed by atoms with Gasteiger partial charge in [0, 0.05) is 12.5 Å². The van der Waals surface area contributed by atoms with Crippen molar-refractivity contribution in [2.75, 3.05) is 19.8 Å². The summed E-state index contributed by atoms with van der Waals surface area (Å²) in [6.07, 6.45) is 4.49. The van der Waals surface area contributed by atoms with Crippen LogP contribution in [0.25, 0.3) is 0 Å². The number of rotatable bonds is 2. The van der Waals surface area contributed by atoms with Gasteiger partial charge in [0.05, 0.1) is 13.2 Å². The van der Waals surface area contributed by atoms with Crippen molar-refractivity contribution in [3.63, 3.8) is 0 Å². The predicted molar refractivity (Wildman–Crippen MR) is 85.2 cm³/mol. The molecule has 3 nitrogen and oxygen atoms in total. The van der Waals surface area contributed by atoms with E-state index in [0.29, 0.717) is 11.5 Å². The third-order valence-corrected chi connectivity index (χ3v) is 4.66. The molecule has 2 aliphatic rings. The van der Waals surface area contributed by atoms with Crippen molar-refractivity contribution in [1.82, 2.24) is 5.32 Å². The molecule has 1 aliphatic heterocycles. The average molecular weight is 289 g/mol. The van der Waals surface area contributed by atoms with Crippen LogP contribution in [0, 0.1) is 5.41 Å². The van der Waals surface area contributed by atoms with Gasteiger partial charge in [-0.15, -0.1) is 0 Å². The summed E-state index contributed by atoms with van der Waals surface area (Å²) in [5.41, 5.74) is 3.20.